The van der Waals surface area contributed by atoms with Crippen molar-refractivity contribution in [2.45, 2.75) is 139 Å². The number of carboxylic acids is 3. The molecule has 9 atom stereocenters. The first-order chi connectivity index (χ1) is 35.8. The maximum absolute atomic E-state index is 13.8. The number of carbonyl (C=O) groups is 12. The minimum atomic E-state index is -1.77. The largest absolute Gasteiger partial charge is 0.508 e. The van der Waals surface area contributed by atoms with Crippen LogP contribution in [0.15, 0.2) is 54.6 Å². The van der Waals surface area contributed by atoms with E-state index in [0.29, 0.717) is 17.5 Å². The number of nitrogens with two attached hydrogens (primary N) is 2. The summed E-state index contributed by atoms with van der Waals surface area (Å²) in [7, 11) is 0. The summed E-state index contributed by atoms with van der Waals surface area (Å²) in [4.78, 5) is 157. The van der Waals surface area contributed by atoms with Gasteiger partial charge >= 0.3 is 17.9 Å². The Hall–Kier alpha value is -7.81. The number of aromatic hydroxyl groups is 1. The van der Waals surface area contributed by atoms with Crippen molar-refractivity contribution in [3.63, 3.8) is 0 Å². The molecule has 0 saturated carbocycles. The van der Waals surface area contributed by atoms with Crippen LogP contribution in [0.4, 0.5) is 0 Å². The highest BCUT2D eigenvalue weighted by molar-refractivity contribution is 7.80. The number of nitrogens with zero attached hydrogens (tertiary/aromatic N) is 1. The van der Waals surface area contributed by atoms with E-state index >= 15 is 0 Å². The molecule has 15 N–H and O–H groups in total. The van der Waals surface area contributed by atoms with Gasteiger partial charge in [-0.05, 0) is 68.2 Å². The molecule has 27 heteroatoms. The van der Waals surface area contributed by atoms with Gasteiger partial charge in [0.05, 0.1) is 12.5 Å². The average molecular weight is 1090 g/mol. The number of thiol groups is 1. The fourth-order valence-corrected chi connectivity index (χ4v) is 8.17. The van der Waals surface area contributed by atoms with E-state index in [0.717, 1.165) is 4.90 Å². The van der Waals surface area contributed by atoms with Crippen molar-refractivity contribution in [1.29, 1.82) is 0 Å². The van der Waals surface area contributed by atoms with E-state index in [1.807, 2.05) is 0 Å². The van der Waals surface area contributed by atoms with Crippen LogP contribution in [0.2, 0.25) is 0 Å². The molecule has 76 heavy (non-hydrogen) atoms. The Bertz CT molecular complexity index is 2410. The zero-order valence-corrected chi connectivity index (χ0v) is 43.1. The summed E-state index contributed by atoms with van der Waals surface area (Å²) in [6.07, 6.45) is -2.32. The van der Waals surface area contributed by atoms with Gasteiger partial charge in [0.1, 0.15) is 54.1 Å². The molecule has 3 rings (SSSR count). The van der Waals surface area contributed by atoms with Crippen LogP contribution in [0, 0.1) is 5.92 Å². The quantitative estimate of drug-likeness (QED) is 0.0349. The van der Waals surface area contributed by atoms with Crippen LogP contribution in [0.1, 0.15) is 83.3 Å². The SMILES string of the molecule is CC(C)C[C@H](NC(=O)[C@H](CC(=O)O)NC(=O)[C@@H]1CCCN1C(=O)[C@@H](N)CCC(=O)O)C(=O)N[C@@H](C)C(=O)N[C@@H](CCC(N)=O)C(=O)N[C@@H](CS)C(=O)N[C@@H](Cc1ccccc1)C(=O)N[C@@H](Cc1ccc(O)cc1)C(=O)O. The van der Waals surface area contributed by atoms with E-state index in [4.69, 9.17) is 16.6 Å². The first-order valence-corrected chi connectivity index (χ1v) is 25.0. The minimum Gasteiger partial charge on any atom is -0.508 e. The minimum absolute atomic E-state index is 0.0579. The highest BCUT2D eigenvalue weighted by Gasteiger charge is 2.39. The van der Waals surface area contributed by atoms with E-state index < -0.39 is 151 Å². The molecule has 1 aliphatic heterocycles. The van der Waals surface area contributed by atoms with Crippen molar-refractivity contribution in [3.8, 4) is 5.75 Å². The summed E-state index contributed by atoms with van der Waals surface area (Å²) in [5.74, 6) is -13.2. The zero-order valence-electron chi connectivity index (χ0n) is 42.2. The monoisotopic (exact) mass is 1080 g/mol. The highest BCUT2D eigenvalue weighted by atomic mass is 32.1. The number of primary amides is 1. The van der Waals surface area contributed by atoms with Gasteiger partial charge in [-0.15, -0.1) is 0 Å². The lowest BCUT2D eigenvalue weighted by atomic mass is 10.0. The van der Waals surface area contributed by atoms with Gasteiger partial charge in [-0.2, -0.15) is 12.6 Å². The second-order valence-corrected chi connectivity index (χ2v) is 19.0. The number of phenols is 1. The fourth-order valence-electron chi connectivity index (χ4n) is 7.92. The Morgan fingerprint density at radius 2 is 1.14 bits per heavy atom. The lowest BCUT2D eigenvalue weighted by Gasteiger charge is -2.29. The van der Waals surface area contributed by atoms with Gasteiger partial charge < -0.3 is 74.0 Å². The van der Waals surface area contributed by atoms with Crippen molar-refractivity contribution >= 4 is 83.7 Å². The molecule has 1 heterocycles. The van der Waals surface area contributed by atoms with Gasteiger partial charge in [0, 0.05) is 38.0 Å². The summed E-state index contributed by atoms with van der Waals surface area (Å²) in [6, 6.07) is 1.03. The number of hydrogen-bond donors (Lipinski definition) is 14. The molecule has 9 amide bonds. The highest BCUT2D eigenvalue weighted by Crippen LogP contribution is 2.20. The molecule has 0 unspecified atom stereocenters. The molecule has 0 aliphatic carbocycles. The van der Waals surface area contributed by atoms with Gasteiger partial charge in [-0.1, -0.05) is 56.3 Å². The van der Waals surface area contributed by atoms with Crippen LogP contribution in [-0.4, -0.2) is 163 Å². The maximum atomic E-state index is 13.8. The van der Waals surface area contributed by atoms with Crippen molar-refractivity contribution in [2.75, 3.05) is 12.3 Å². The van der Waals surface area contributed by atoms with Crippen molar-refractivity contribution in [3.05, 3.63) is 65.7 Å². The topological polar surface area (TPSA) is 425 Å². The summed E-state index contributed by atoms with van der Waals surface area (Å²) in [5.41, 5.74) is 12.3. The molecule has 26 nitrogen and oxygen atoms in total. The van der Waals surface area contributed by atoms with Crippen LogP contribution in [-0.2, 0) is 70.4 Å². The van der Waals surface area contributed by atoms with Crippen LogP contribution in [0.5, 0.6) is 5.75 Å². The summed E-state index contributed by atoms with van der Waals surface area (Å²) in [6.45, 7) is 4.70. The standard InChI is InChI=1S/C49H68N10O16S/c1-25(2)20-32(54-45(70)34(23-40(64)65)56-47(72)37-10-7-19-59(37)48(73)30(50)15-18-39(62)63)43(68)52-26(3)41(66)53-31(16-17-38(51)61)42(67)58-36(24-76)46(71)55-33(21-27-8-5-4-6-9-27)44(69)57-35(49(74)75)22-28-11-13-29(60)14-12-28/h4-6,8-9,11-14,25-26,30-37,60,76H,7,10,15-24,50H2,1-3H3,(H2,51,61)(H,52,68)(H,53,66)(H,54,70)(H,55,71)(H,56,72)(H,57,69)(H,58,67)(H,62,63)(H,64,65)(H,74,75)/t26-,30-,31-,32-,33-,34-,35-,36-,37-/m0/s1. The molecular weight excluding hydrogens is 1020 g/mol. The number of phenolic OH excluding ortho intramolecular Hbond substituents is 1. The van der Waals surface area contributed by atoms with Crippen LogP contribution in [0.25, 0.3) is 0 Å². The lowest BCUT2D eigenvalue weighted by Crippen LogP contribution is -2.60. The van der Waals surface area contributed by atoms with E-state index in [1.54, 1.807) is 44.2 Å². The third kappa shape index (κ3) is 20.8. The van der Waals surface area contributed by atoms with Crippen LogP contribution in [0.3, 0.4) is 0 Å². The number of benzene rings is 2. The summed E-state index contributed by atoms with van der Waals surface area (Å²) < 4.78 is 0. The Labute approximate surface area is 443 Å². The van der Waals surface area contributed by atoms with E-state index in [2.05, 4.69) is 49.8 Å². The van der Waals surface area contributed by atoms with Crippen molar-refractivity contribution in [2.24, 2.45) is 17.4 Å². The number of carboxylic acid groups (broad SMARTS) is 3. The van der Waals surface area contributed by atoms with Crippen molar-refractivity contribution < 1.29 is 78.0 Å². The maximum Gasteiger partial charge on any atom is 0.326 e. The molecule has 2 aromatic carbocycles. The van der Waals surface area contributed by atoms with Gasteiger partial charge in [-0.3, -0.25) is 52.7 Å². The number of likely N-dealkylation sites (tertiary alicyclic amines) is 1. The van der Waals surface area contributed by atoms with Crippen molar-refractivity contribution in [1.82, 2.24) is 42.1 Å². The van der Waals surface area contributed by atoms with Gasteiger partial charge in [0.2, 0.25) is 53.2 Å². The molecule has 0 aromatic heterocycles. The Morgan fingerprint density at radius 3 is 1.72 bits per heavy atom. The first-order valence-electron chi connectivity index (χ1n) is 24.4. The molecular formula is C49H68N10O16S. The lowest BCUT2D eigenvalue weighted by molar-refractivity contribution is -0.144. The molecule has 416 valence electrons. The predicted octanol–water partition coefficient (Wildman–Crippen LogP) is -2.43. The number of rotatable bonds is 31. The molecule has 1 fully saturated rings. The fraction of sp³-hybridized carbons (Fsp3) is 0.510. The van der Waals surface area contributed by atoms with E-state index in [-0.39, 0.29) is 56.1 Å². The molecule has 2 aromatic rings. The van der Waals surface area contributed by atoms with E-state index in [9.17, 15) is 72.9 Å². The Morgan fingerprint density at radius 1 is 0.618 bits per heavy atom. The summed E-state index contributed by atoms with van der Waals surface area (Å²) >= 11 is 4.21. The smallest absolute Gasteiger partial charge is 0.326 e. The summed E-state index contributed by atoms with van der Waals surface area (Å²) in [5, 5.41) is 55.2. The number of nitrogens with one attached hydrogen (secondary N) is 7. The van der Waals surface area contributed by atoms with Crippen LogP contribution < -0.4 is 48.7 Å². The molecule has 1 saturated heterocycles. The average Bonchev–Trinajstić information content (AvgIpc) is 3.86. The van der Waals surface area contributed by atoms with E-state index in [1.165, 1.54) is 31.2 Å². The predicted molar refractivity (Wildman–Crippen MR) is 272 cm³/mol. The molecule has 1 aliphatic rings. The Balaban J connectivity index is 1.75. The third-order valence-electron chi connectivity index (χ3n) is 12.0. The molecule has 0 bridgehead atoms. The first kappa shape index (κ1) is 62.5. The number of carbonyl (C=O) groups excluding carboxylic acids is 9. The number of aliphatic carboxylic acids is 3. The molecule has 0 radical (unpaired) electrons. The van der Waals surface area contributed by atoms with Crippen LogP contribution >= 0.6 is 12.6 Å². The zero-order chi connectivity index (χ0) is 56.8. The second kappa shape index (κ2) is 30.5. The van der Waals surface area contributed by atoms with Gasteiger partial charge in [0.15, 0.2) is 0 Å². The number of hydrogen-bond acceptors (Lipinski definition) is 15. The second-order valence-electron chi connectivity index (χ2n) is 18.6. The van der Waals surface area contributed by atoms with Gasteiger partial charge in [-0.25, -0.2) is 4.79 Å². The van der Waals surface area contributed by atoms with Gasteiger partial charge in [0.25, 0.3) is 0 Å². The number of amides is 9. The third-order valence-corrected chi connectivity index (χ3v) is 12.3. The normalized spacial score (nSPS) is 16.2. The molecule has 0 spiro atoms. The Kier molecular flexibility index (Phi) is 25.1.